The van der Waals surface area contributed by atoms with Gasteiger partial charge in [0, 0.05) is 36.7 Å². The lowest BCUT2D eigenvalue weighted by molar-refractivity contribution is 0.122. The molecule has 0 saturated carbocycles. The number of hydrogen-bond donors (Lipinski definition) is 2. The van der Waals surface area contributed by atoms with E-state index in [4.69, 9.17) is 4.74 Å². The summed E-state index contributed by atoms with van der Waals surface area (Å²) in [5, 5.41) is 7.46. The van der Waals surface area contributed by atoms with Crippen molar-refractivity contribution in [3.05, 3.63) is 59.9 Å². The molecule has 0 bridgehead atoms. The lowest BCUT2D eigenvalue weighted by atomic mass is 10.2. The smallest absolute Gasteiger partial charge is 0.250 e. The number of anilines is 4. The number of hydrogen-bond acceptors (Lipinski definition) is 9. The number of aromatic nitrogens is 4. The Balaban J connectivity index is 1.56. The molecule has 3 aromatic rings. The summed E-state index contributed by atoms with van der Waals surface area (Å²) in [4.78, 5) is 19.7. The molecule has 29 heavy (non-hydrogen) atoms. The maximum Gasteiger partial charge on any atom is 0.250 e. The number of ether oxygens (including phenoxy) is 1. The molecule has 0 spiro atoms. The third-order valence-electron chi connectivity index (χ3n) is 4.29. The highest BCUT2D eigenvalue weighted by Gasteiger charge is 2.16. The van der Waals surface area contributed by atoms with E-state index in [1.165, 1.54) is 5.56 Å². The molecule has 1 aliphatic heterocycles. The number of pyridine rings is 1. The third kappa shape index (κ3) is 5.23. The van der Waals surface area contributed by atoms with Crippen LogP contribution < -0.4 is 15.6 Å². The molecule has 9 nitrogen and oxygen atoms in total. The molecular weight excluding hydrogens is 368 g/mol. The maximum atomic E-state index is 5.43. The fourth-order valence-electron chi connectivity index (χ4n) is 2.76. The Hall–Kier alpha value is -3.59. The number of nitrogens with one attached hydrogen (secondary N) is 2. The fraction of sp³-hybridized carbons (Fsp3) is 0.250. The summed E-state index contributed by atoms with van der Waals surface area (Å²) in [6, 6.07) is 11.8. The molecule has 1 aromatic carbocycles. The zero-order chi connectivity index (χ0) is 19.9. The summed E-state index contributed by atoms with van der Waals surface area (Å²) in [6.07, 6.45) is 5.11. The summed E-state index contributed by atoms with van der Waals surface area (Å²) in [7, 11) is 0. The van der Waals surface area contributed by atoms with Crippen molar-refractivity contribution >= 4 is 29.7 Å². The van der Waals surface area contributed by atoms with Crippen LogP contribution in [-0.4, -0.2) is 52.5 Å². The molecule has 2 aromatic heterocycles. The van der Waals surface area contributed by atoms with Gasteiger partial charge in [-0.25, -0.2) is 5.43 Å². The highest BCUT2D eigenvalue weighted by molar-refractivity contribution is 5.79. The van der Waals surface area contributed by atoms with Gasteiger partial charge < -0.3 is 15.0 Å². The van der Waals surface area contributed by atoms with Crippen molar-refractivity contribution in [2.24, 2.45) is 5.10 Å². The normalized spacial score (nSPS) is 14.2. The first-order chi connectivity index (χ1) is 14.3. The van der Waals surface area contributed by atoms with E-state index in [2.05, 4.69) is 40.7 Å². The van der Waals surface area contributed by atoms with E-state index in [0.29, 0.717) is 31.1 Å². The summed E-state index contributed by atoms with van der Waals surface area (Å²) >= 11 is 0. The van der Waals surface area contributed by atoms with E-state index >= 15 is 0 Å². The molecule has 9 heteroatoms. The van der Waals surface area contributed by atoms with Crippen molar-refractivity contribution in [2.45, 2.75) is 6.92 Å². The molecule has 1 saturated heterocycles. The number of hydrazone groups is 1. The van der Waals surface area contributed by atoms with E-state index < -0.39 is 0 Å². The first kappa shape index (κ1) is 18.8. The molecule has 148 valence electrons. The van der Waals surface area contributed by atoms with Gasteiger partial charge >= 0.3 is 0 Å². The van der Waals surface area contributed by atoms with Gasteiger partial charge in [-0.05, 0) is 25.1 Å². The Morgan fingerprint density at radius 2 is 1.83 bits per heavy atom. The fourth-order valence-corrected chi connectivity index (χ4v) is 2.76. The molecule has 2 N–H and O–H groups in total. The lowest BCUT2D eigenvalue weighted by Gasteiger charge is -2.27. The predicted molar refractivity (Wildman–Crippen MR) is 113 cm³/mol. The quantitative estimate of drug-likeness (QED) is 0.489. The summed E-state index contributed by atoms with van der Waals surface area (Å²) in [5.74, 6) is 1.39. The predicted octanol–water partition coefficient (Wildman–Crippen LogP) is 2.60. The van der Waals surface area contributed by atoms with Crippen LogP contribution in [0.15, 0.2) is 53.9 Å². The van der Waals surface area contributed by atoms with Crippen LogP contribution in [0.25, 0.3) is 0 Å². The monoisotopic (exact) mass is 390 g/mol. The number of benzene rings is 1. The average Bonchev–Trinajstić information content (AvgIpc) is 2.77. The van der Waals surface area contributed by atoms with E-state index in [1.54, 1.807) is 18.6 Å². The van der Waals surface area contributed by atoms with Crippen LogP contribution in [0.5, 0.6) is 0 Å². The minimum atomic E-state index is 0.358. The van der Waals surface area contributed by atoms with Crippen molar-refractivity contribution in [1.29, 1.82) is 0 Å². The van der Waals surface area contributed by atoms with Crippen molar-refractivity contribution < 1.29 is 4.74 Å². The van der Waals surface area contributed by atoms with E-state index in [9.17, 15) is 0 Å². The van der Waals surface area contributed by atoms with Gasteiger partial charge in [0.15, 0.2) is 0 Å². The van der Waals surface area contributed by atoms with E-state index in [0.717, 1.165) is 24.3 Å². The Morgan fingerprint density at radius 1 is 1.03 bits per heavy atom. The van der Waals surface area contributed by atoms with Gasteiger partial charge in [-0.15, -0.1) is 0 Å². The van der Waals surface area contributed by atoms with Crippen LogP contribution in [0.4, 0.5) is 23.5 Å². The SMILES string of the molecule is Cc1ccc(Nc2nc(N/N=C/c3cccnc3)nc(N3CCOCC3)n2)cc1. The molecule has 1 aliphatic rings. The first-order valence-electron chi connectivity index (χ1n) is 9.38. The lowest BCUT2D eigenvalue weighted by Crippen LogP contribution is -2.37. The van der Waals surface area contributed by atoms with E-state index in [1.807, 2.05) is 43.3 Å². The topological polar surface area (TPSA) is 100 Å². The number of nitrogens with zero attached hydrogens (tertiary/aromatic N) is 6. The van der Waals surface area contributed by atoms with Crippen LogP contribution >= 0.6 is 0 Å². The van der Waals surface area contributed by atoms with Gasteiger partial charge in [0.25, 0.3) is 0 Å². The Labute approximate surface area is 168 Å². The van der Waals surface area contributed by atoms with Crippen LogP contribution in [0, 0.1) is 6.92 Å². The number of aryl methyl sites for hydroxylation is 1. The van der Waals surface area contributed by atoms with Gasteiger partial charge in [0.05, 0.1) is 19.4 Å². The molecule has 0 unspecified atom stereocenters. The van der Waals surface area contributed by atoms with Crippen LogP contribution in [0.1, 0.15) is 11.1 Å². The zero-order valence-corrected chi connectivity index (χ0v) is 16.1. The first-order valence-corrected chi connectivity index (χ1v) is 9.38. The van der Waals surface area contributed by atoms with E-state index in [-0.39, 0.29) is 0 Å². The summed E-state index contributed by atoms with van der Waals surface area (Å²) in [5.41, 5.74) is 5.85. The zero-order valence-electron chi connectivity index (χ0n) is 16.1. The molecule has 0 aliphatic carbocycles. The van der Waals surface area contributed by atoms with Gasteiger partial charge in [-0.1, -0.05) is 23.8 Å². The molecular formula is C20H22N8O. The minimum absolute atomic E-state index is 0.358. The summed E-state index contributed by atoms with van der Waals surface area (Å²) in [6.45, 7) is 4.80. The van der Waals surface area contributed by atoms with Crippen LogP contribution in [-0.2, 0) is 4.74 Å². The number of morpholine rings is 1. The standard InChI is InChI=1S/C20H22N8O/c1-15-4-6-17(7-5-15)23-18-24-19(27-22-14-16-3-2-8-21-13-16)26-20(25-18)28-9-11-29-12-10-28/h2-8,13-14H,9-12H2,1H3,(H2,23,24,25,26,27)/b22-14+. The highest BCUT2D eigenvalue weighted by atomic mass is 16.5. The van der Waals surface area contributed by atoms with Crippen molar-refractivity contribution in [3.63, 3.8) is 0 Å². The molecule has 0 radical (unpaired) electrons. The van der Waals surface area contributed by atoms with Crippen LogP contribution in [0.2, 0.25) is 0 Å². The second kappa shape index (κ2) is 9.07. The van der Waals surface area contributed by atoms with Crippen LogP contribution in [0.3, 0.4) is 0 Å². The molecule has 4 rings (SSSR count). The Morgan fingerprint density at radius 3 is 2.59 bits per heavy atom. The maximum absolute atomic E-state index is 5.43. The van der Waals surface area contributed by atoms with Gasteiger partial charge in [0.2, 0.25) is 17.8 Å². The van der Waals surface area contributed by atoms with Crippen molar-refractivity contribution in [3.8, 4) is 0 Å². The average molecular weight is 390 g/mol. The van der Waals surface area contributed by atoms with Gasteiger partial charge in [-0.2, -0.15) is 20.1 Å². The minimum Gasteiger partial charge on any atom is -0.378 e. The third-order valence-corrected chi connectivity index (χ3v) is 4.29. The van der Waals surface area contributed by atoms with Gasteiger partial charge in [-0.3, -0.25) is 4.98 Å². The second-order valence-electron chi connectivity index (χ2n) is 6.53. The van der Waals surface area contributed by atoms with Gasteiger partial charge in [0.1, 0.15) is 0 Å². The molecule has 0 atom stereocenters. The molecule has 0 amide bonds. The molecule has 3 heterocycles. The molecule has 1 fully saturated rings. The van der Waals surface area contributed by atoms with Crippen molar-refractivity contribution in [1.82, 2.24) is 19.9 Å². The summed E-state index contributed by atoms with van der Waals surface area (Å²) < 4.78 is 5.43. The largest absolute Gasteiger partial charge is 0.378 e. The van der Waals surface area contributed by atoms with Crippen molar-refractivity contribution in [2.75, 3.05) is 41.9 Å². The second-order valence-corrected chi connectivity index (χ2v) is 6.53. The highest BCUT2D eigenvalue weighted by Crippen LogP contribution is 2.19. The Bertz CT molecular complexity index is 956. The number of rotatable bonds is 6. The Kier molecular flexibility index (Phi) is 5.87.